The molecule has 1 N–H and O–H groups in total. The molecule has 0 aromatic carbocycles. The van der Waals surface area contributed by atoms with Crippen molar-refractivity contribution in [1.29, 1.82) is 0 Å². The Labute approximate surface area is 218 Å². The van der Waals surface area contributed by atoms with Crippen molar-refractivity contribution in [2.45, 2.75) is 93.3 Å². The average Bonchev–Trinajstić information content (AvgIpc) is 3.45. The van der Waals surface area contributed by atoms with Gasteiger partial charge in [-0.15, -0.1) is 0 Å². The molecular formula is C28H30O10. The summed E-state index contributed by atoms with van der Waals surface area (Å²) >= 11 is 0. The zero-order valence-corrected chi connectivity index (χ0v) is 21.5. The Morgan fingerprint density at radius 2 is 1.84 bits per heavy atom. The molecule has 202 valence electrons. The molecule has 0 aromatic rings. The number of carbonyl (C=O) groups excluding carboxylic acids is 4. The Kier molecular flexibility index (Phi) is 3.47. The van der Waals surface area contributed by atoms with Crippen LogP contribution in [0.1, 0.15) is 52.9 Å². The molecule has 3 unspecified atom stereocenters. The first kappa shape index (κ1) is 22.7. The SMILES string of the molecule is C[C@@]12C[C@@H]3OC(=O)[C@@H]1CO[C@]14O[C@]5(C2C1=O)[C@@](O)(CCC1C4C[C@H]2O[C@]24CC=CC(=O)[C@]14C)C(=O)O[C@@]35C. The van der Waals surface area contributed by atoms with E-state index in [9.17, 15) is 24.3 Å². The molecule has 10 nitrogen and oxygen atoms in total. The van der Waals surface area contributed by atoms with E-state index in [1.54, 1.807) is 13.0 Å². The molecule has 2 saturated carbocycles. The monoisotopic (exact) mass is 526 g/mol. The fraction of sp³-hybridized carbons (Fsp3) is 0.786. The van der Waals surface area contributed by atoms with Crippen molar-refractivity contribution in [3.05, 3.63) is 12.2 Å². The van der Waals surface area contributed by atoms with E-state index in [4.69, 9.17) is 23.7 Å². The minimum Gasteiger partial charge on any atom is -0.458 e. The van der Waals surface area contributed by atoms with Crippen LogP contribution in [0.25, 0.3) is 0 Å². The Morgan fingerprint density at radius 3 is 2.63 bits per heavy atom. The van der Waals surface area contributed by atoms with Crippen molar-refractivity contribution < 1.29 is 48.0 Å². The summed E-state index contributed by atoms with van der Waals surface area (Å²) in [6, 6.07) is 0. The highest BCUT2D eigenvalue weighted by atomic mass is 16.8. The molecule has 9 rings (SSSR count). The van der Waals surface area contributed by atoms with Gasteiger partial charge in [-0.25, -0.2) is 4.79 Å². The van der Waals surface area contributed by atoms with Crippen LogP contribution in [0.2, 0.25) is 0 Å². The number of carbonyl (C=O) groups is 4. The van der Waals surface area contributed by atoms with E-state index in [2.05, 4.69) is 0 Å². The Balaban J connectivity index is 1.34. The third-order valence-corrected chi connectivity index (χ3v) is 12.9. The summed E-state index contributed by atoms with van der Waals surface area (Å²) in [4.78, 5) is 55.6. The molecule has 9 aliphatic rings. The minimum atomic E-state index is -2.19. The fourth-order valence-electron chi connectivity index (χ4n) is 10.9. The minimum absolute atomic E-state index is 0.0583. The van der Waals surface area contributed by atoms with E-state index in [-0.39, 0.29) is 43.5 Å². The number of esters is 2. The summed E-state index contributed by atoms with van der Waals surface area (Å²) in [5.74, 6) is -6.56. The van der Waals surface area contributed by atoms with Crippen molar-refractivity contribution in [3.63, 3.8) is 0 Å². The van der Waals surface area contributed by atoms with Gasteiger partial charge in [0.15, 0.2) is 28.4 Å². The van der Waals surface area contributed by atoms with E-state index in [1.165, 1.54) is 0 Å². The van der Waals surface area contributed by atoms with Crippen molar-refractivity contribution in [1.82, 2.24) is 0 Å². The van der Waals surface area contributed by atoms with Crippen molar-refractivity contribution in [3.8, 4) is 0 Å². The summed E-state index contributed by atoms with van der Waals surface area (Å²) in [7, 11) is 0. The maximum absolute atomic E-state index is 14.9. The molecule has 5 bridgehead atoms. The summed E-state index contributed by atoms with van der Waals surface area (Å²) in [5, 5.41) is 12.4. The molecule has 0 amide bonds. The molecule has 3 spiro atoms. The van der Waals surface area contributed by atoms with Gasteiger partial charge in [-0.3, -0.25) is 14.4 Å². The fourth-order valence-corrected chi connectivity index (χ4v) is 10.9. The number of epoxide rings is 1. The molecule has 3 aliphatic carbocycles. The van der Waals surface area contributed by atoms with Crippen LogP contribution in [-0.4, -0.2) is 75.6 Å². The Morgan fingerprint density at radius 1 is 1.05 bits per heavy atom. The van der Waals surface area contributed by atoms with Gasteiger partial charge < -0.3 is 28.8 Å². The van der Waals surface area contributed by atoms with Crippen LogP contribution in [0.5, 0.6) is 0 Å². The van der Waals surface area contributed by atoms with Gasteiger partial charge in [0.05, 0.1) is 30.0 Å². The second-order valence-corrected chi connectivity index (χ2v) is 13.8. The predicted molar refractivity (Wildman–Crippen MR) is 122 cm³/mol. The number of hydrogen-bond donors (Lipinski definition) is 1. The number of Topliss-reactive ketones (excluding diaryl/α,β-unsaturated/α-hetero) is 1. The van der Waals surface area contributed by atoms with Crippen LogP contribution in [-0.2, 0) is 42.9 Å². The molecule has 13 atom stereocenters. The maximum atomic E-state index is 14.9. The number of rotatable bonds is 0. The maximum Gasteiger partial charge on any atom is 0.342 e. The van der Waals surface area contributed by atoms with Gasteiger partial charge in [-0.05, 0) is 63.4 Å². The number of fused-ring (bicyclic) bond motifs is 4. The number of ketones is 2. The molecule has 6 heterocycles. The lowest BCUT2D eigenvalue weighted by molar-refractivity contribution is -0.375. The number of ether oxygens (including phenoxy) is 5. The second-order valence-electron chi connectivity index (χ2n) is 13.8. The molecule has 8 fully saturated rings. The highest BCUT2D eigenvalue weighted by molar-refractivity contribution is 6.00. The summed E-state index contributed by atoms with van der Waals surface area (Å²) in [6.07, 6.45) is 3.82. The Bertz CT molecular complexity index is 1340. The van der Waals surface area contributed by atoms with Crippen LogP contribution in [0, 0.1) is 34.5 Å². The standard InChI is InChI=1S/C28H30O10/c1-22-10-17-24(3)28-18(22)19(30)27(38-28,34-11-14(22)20(31)35-17)13-9-16-26(36-16)7-4-5-15(29)23(26,2)12(13)6-8-25(28,33)21(32)37-24/h4-5,12-14,16-18,33H,6-11H2,1-3H3/t12?,13?,14-,16+,17-,18?,22+,23-,24-,25+,26+,27+,28-/m0/s1. The first-order chi connectivity index (χ1) is 17.9. The quantitative estimate of drug-likeness (QED) is 0.356. The lowest BCUT2D eigenvalue weighted by Gasteiger charge is -2.63. The van der Waals surface area contributed by atoms with Gasteiger partial charge in [-0.2, -0.15) is 0 Å². The van der Waals surface area contributed by atoms with Gasteiger partial charge >= 0.3 is 11.9 Å². The van der Waals surface area contributed by atoms with Crippen molar-refractivity contribution in [2.24, 2.45) is 34.5 Å². The highest BCUT2D eigenvalue weighted by Gasteiger charge is 2.94. The van der Waals surface area contributed by atoms with Crippen molar-refractivity contribution in [2.75, 3.05) is 6.61 Å². The van der Waals surface area contributed by atoms with E-state index in [0.717, 1.165) is 0 Å². The largest absolute Gasteiger partial charge is 0.458 e. The third kappa shape index (κ3) is 1.79. The zero-order chi connectivity index (χ0) is 26.5. The predicted octanol–water partition coefficient (Wildman–Crippen LogP) is 0.768. The molecule has 0 aromatic heterocycles. The first-order valence-electron chi connectivity index (χ1n) is 13.8. The molecular weight excluding hydrogens is 496 g/mol. The Hall–Kier alpha value is -2.14. The topological polar surface area (TPSA) is 138 Å². The summed E-state index contributed by atoms with van der Waals surface area (Å²) in [6.45, 7) is 5.27. The van der Waals surface area contributed by atoms with Gasteiger partial charge in [0.2, 0.25) is 5.79 Å². The molecule has 0 radical (unpaired) electrons. The van der Waals surface area contributed by atoms with Crippen LogP contribution < -0.4 is 0 Å². The number of allylic oxidation sites excluding steroid dienone is 1. The molecule has 10 heteroatoms. The van der Waals surface area contributed by atoms with Crippen LogP contribution in [0.15, 0.2) is 12.2 Å². The zero-order valence-electron chi connectivity index (χ0n) is 21.5. The smallest absolute Gasteiger partial charge is 0.342 e. The van der Waals surface area contributed by atoms with E-state index in [1.807, 2.05) is 19.9 Å². The van der Waals surface area contributed by atoms with Crippen molar-refractivity contribution >= 4 is 23.5 Å². The third-order valence-electron chi connectivity index (χ3n) is 12.9. The van der Waals surface area contributed by atoms with Gasteiger partial charge in [-0.1, -0.05) is 13.0 Å². The lowest BCUT2D eigenvalue weighted by atomic mass is 9.46. The van der Waals surface area contributed by atoms with E-state index < -0.39 is 80.7 Å². The highest BCUT2D eigenvalue weighted by Crippen LogP contribution is 2.77. The number of aliphatic hydroxyl groups is 1. The number of hydrogen-bond acceptors (Lipinski definition) is 10. The van der Waals surface area contributed by atoms with E-state index in [0.29, 0.717) is 12.8 Å². The first-order valence-corrected chi connectivity index (χ1v) is 13.8. The molecule has 6 saturated heterocycles. The van der Waals surface area contributed by atoms with Gasteiger partial charge in [0.1, 0.15) is 11.7 Å². The lowest BCUT2D eigenvalue weighted by Crippen LogP contribution is -2.79. The van der Waals surface area contributed by atoms with Crippen LogP contribution in [0.3, 0.4) is 0 Å². The second kappa shape index (κ2) is 5.82. The van der Waals surface area contributed by atoms with Crippen LogP contribution >= 0.6 is 0 Å². The summed E-state index contributed by atoms with van der Waals surface area (Å²) in [5.41, 5.74) is -8.23. The van der Waals surface area contributed by atoms with Gasteiger partial charge in [0, 0.05) is 5.92 Å². The molecule has 38 heavy (non-hydrogen) atoms. The summed E-state index contributed by atoms with van der Waals surface area (Å²) < 4.78 is 31.5. The molecule has 6 aliphatic heterocycles. The van der Waals surface area contributed by atoms with Crippen LogP contribution in [0.4, 0.5) is 0 Å². The van der Waals surface area contributed by atoms with Gasteiger partial charge in [0.25, 0.3) is 0 Å². The average molecular weight is 527 g/mol. The normalized spacial score (nSPS) is 64.1. The van der Waals surface area contributed by atoms with E-state index >= 15 is 0 Å².